The normalized spacial score (nSPS) is 10.8. The van der Waals surface area contributed by atoms with Crippen molar-refractivity contribution in [2.45, 2.75) is 0 Å². The van der Waals surface area contributed by atoms with E-state index in [0.29, 0.717) is 16.7 Å². The first kappa shape index (κ1) is 12.7. The summed E-state index contributed by atoms with van der Waals surface area (Å²) in [7, 11) is 0. The minimum atomic E-state index is -1.03. The van der Waals surface area contributed by atoms with Crippen LogP contribution in [0.2, 0.25) is 0 Å². The van der Waals surface area contributed by atoms with Gasteiger partial charge >= 0.3 is 11.7 Å². The second kappa shape index (κ2) is 4.64. The van der Waals surface area contributed by atoms with E-state index < -0.39 is 5.97 Å². The topological polar surface area (TPSA) is 75.1 Å². The molecule has 0 bridgehead atoms. The highest BCUT2D eigenvalue weighted by Gasteiger charge is 2.11. The summed E-state index contributed by atoms with van der Waals surface area (Å²) in [5, 5.41) is 8.97. The van der Waals surface area contributed by atoms with E-state index in [1.807, 2.05) is 24.3 Å². The molecule has 6 heteroatoms. The minimum Gasteiger partial charge on any atom is -0.478 e. The molecule has 2 N–H and O–H groups in total. The Bertz CT molecular complexity index is 880. The lowest BCUT2D eigenvalue weighted by molar-refractivity contribution is 0.0697. The molecule has 0 aliphatic heterocycles. The van der Waals surface area contributed by atoms with E-state index in [1.165, 1.54) is 16.7 Å². The predicted octanol–water partition coefficient (Wildman–Crippen LogP) is 2.78. The summed E-state index contributed by atoms with van der Waals surface area (Å²) in [6.45, 7) is 0. The van der Waals surface area contributed by atoms with Crippen LogP contribution in [-0.4, -0.2) is 20.6 Å². The summed E-state index contributed by atoms with van der Waals surface area (Å²) in [4.78, 5) is 25.7. The van der Waals surface area contributed by atoms with Crippen molar-refractivity contribution in [2.24, 2.45) is 0 Å². The molecule has 0 atom stereocenters. The summed E-state index contributed by atoms with van der Waals surface area (Å²) in [6, 6.07) is 11.9. The second-order valence-corrected chi connectivity index (χ2v) is 5.20. The third-order valence-corrected chi connectivity index (χ3v) is 3.49. The van der Waals surface area contributed by atoms with E-state index in [-0.39, 0.29) is 11.3 Å². The fourth-order valence-corrected chi connectivity index (χ4v) is 2.50. The number of carbonyl (C=O) groups is 1. The van der Waals surface area contributed by atoms with Crippen molar-refractivity contribution < 1.29 is 9.90 Å². The van der Waals surface area contributed by atoms with Gasteiger partial charge in [0.25, 0.3) is 0 Å². The number of H-pyrrole nitrogens is 1. The van der Waals surface area contributed by atoms with E-state index in [2.05, 4.69) is 20.9 Å². The molecule has 20 heavy (non-hydrogen) atoms. The van der Waals surface area contributed by atoms with E-state index in [0.717, 1.165) is 4.47 Å². The number of fused-ring (bicyclic) bond motifs is 1. The molecule has 0 amide bonds. The van der Waals surface area contributed by atoms with Crippen LogP contribution in [0.1, 0.15) is 10.4 Å². The van der Waals surface area contributed by atoms with Crippen LogP contribution in [0, 0.1) is 0 Å². The molecule has 2 aromatic carbocycles. The molecule has 3 aromatic rings. The van der Waals surface area contributed by atoms with Crippen molar-refractivity contribution in [1.29, 1.82) is 0 Å². The average Bonchev–Trinajstić information content (AvgIpc) is 2.73. The van der Waals surface area contributed by atoms with Crippen LogP contribution >= 0.6 is 15.9 Å². The average molecular weight is 333 g/mol. The maximum atomic E-state index is 12.1. The van der Waals surface area contributed by atoms with Crippen LogP contribution in [0.5, 0.6) is 0 Å². The summed E-state index contributed by atoms with van der Waals surface area (Å²) in [5.41, 5.74) is 1.67. The Labute approximate surface area is 121 Å². The third kappa shape index (κ3) is 2.04. The van der Waals surface area contributed by atoms with Gasteiger partial charge in [0.05, 0.1) is 22.3 Å². The summed E-state index contributed by atoms with van der Waals surface area (Å²) < 4.78 is 2.37. The van der Waals surface area contributed by atoms with Crippen molar-refractivity contribution in [3.63, 3.8) is 0 Å². The van der Waals surface area contributed by atoms with Crippen molar-refractivity contribution in [3.05, 3.63) is 63.0 Å². The van der Waals surface area contributed by atoms with Gasteiger partial charge in [-0.05, 0) is 36.4 Å². The highest BCUT2D eigenvalue weighted by molar-refractivity contribution is 9.10. The van der Waals surface area contributed by atoms with Crippen molar-refractivity contribution >= 4 is 32.9 Å². The predicted molar refractivity (Wildman–Crippen MR) is 78.6 cm³/mol. The number of benzene rings is 2. The zero-order valence-electron chi connectivity index (χ0n) is 10.1. The summed E-state index contributed by atoms with van der Waals surface area (Å²) in [6.07, 6.45) is 0. The fraction of sp³-hybridized carbons (Fsp3) is 0. The number of halogens is 1. The van der Waals surface area contributed by atoms with Gasteiger partial charge < -0.3 is 10.1 Å². The first-order valence-electron chi connectivity index (χ1n) is 5.80. The van der Waals surface area contributed by atoms with Gasteiger partial charge in [0.1, 0.15) is 0 Å². The molecular weight excluding hydrogens is 324 g/mol. The van der Waals surface area contributed by atoms with Crippen LogP contribution < -0.4 is 5.69 Å². The molecule has 0 fully saturated rings. The number of aromatic amines is 1. The van der Waals surface area contributed by atoms with Gasteiger partial charge in [0.15, 0.2) is 0 Å². The highest BCUT2D eigenvalue weighted by atomic mass is 79.9. The van der Waals surface area contributed by atoms with Gasteiger partial charge in [0.2, 0.25) is 0 Å². The summed E-state index contributed by atoms with van der Waals surface area (Å²) in [5.74, 6) is -1.03. The smallest absolute Gasteiger partial charge is 0.335 e. The van der Waals surface area contributed by atoms with Crippen molar-refractivity contribution in [3.8, 4) is 5.69 Å². The zero-order chi connectivity index (χ0) is 14.3. The number of hydrogen-bond donors (Lipinski definition) is 2. The Morgan fingerprint density at radius 2 is 2.00 bits per heavy atom. The Morgan fingerprint density at radius 3 is 2.70 bits per heavy atom. The molecule has 0 saturated carbocycles. The molecule has 100 valence electrons. The fourth-order valence-electron chi connectivity index (χ4n) is 2.12. The Hall–Kier alpha value is -2.34. The number of nitrogens with one attached hydrogen (secondary N) is 1. The number of hydrogen-bond acceptors (Lipinski definition) is 2. The van der Waals surface area contributed by atoms with Crippen LogP contribution in [0.25, 0.3) is 16.7 Å². The maximum Gasteiger partial charge on any atom is 0.335 e. The standard InChI is InChI=1S/C14H9BrN2O3/c15-9-2-1-3-10(7-9)17-12-5-4-8(13(18)19)6-11(12)16-14(17)20/h1-7H,(H,16,20)(H,18,19). The first-order chi connectivity index (χ1) is 9.56. The molecule has 0 aliphatic carbocycles. The van der Waals surface area contributed by atoms with Gasteiger partial charge in [-0.2, -0.15) is 0 Å². The van der Waals surface area contributed by atoms with Crippen LogP contribution in [0.3, 0.4) is 0 Å². The summed E-state index contributed by atoms with van der Waals surface area (Å²) >= 11 is 3.36. The number of rotatable bonds is 2. The van der Waals surface area contributed by atoms with Crippen LogP contribution in [0.15, 0.2) is 51.7 Å². The van der Waals surface area contributed by atoms with E-state index >= 15 is 0 Å². The van der Waals surface area contributed by atoms with Gasteiger partial charge in [0, 0.05) is 4.47 Å². The van der Waals surface area contributed by atoms with Crippen LogP contribution in [-0.2, 0) is 0 Å². The number of aromatic carboxylic acids is 1. The molecule has 1 heterocycles. The lowest BCUT2D eigenvalue weighted by Crippen LogP contribution is -2.14. The van der Waals surface area contributed by atoms with Crippen molar-refractivity contribution in [1.82, 2.24) is 9.55 Å². The number of carboxylic acids is 1. The van der Waals surface area contributed by atoms with Gasteiger partial charge in [-0.15, -0.1) is 0 Å². The van der Waals surface area contributed by atoms with Crippen molar-refractivity contribution in [2.75, 3.05) is 0 Å². The molecule has 0 unspecified atom stereocenters. The first-order valence-corrected chi connectivity index (χ1v) is 6.59. The molecule has 0 radical (unpaired) electrons. The SMILES string of the molecule is O=C(O)c1ccc2c(c1)[nH]c(=O)n2-c1cccc(Br)c1. The third-order valence-electron chi connectivity index (χ3n) is 3.00. The molecule has 0 saturated heterocycles. The monoisotopic (exact) mass is 332 g/mol. The van der Waals surface area contributed by atoms with E-state index in [4.69, 9.17) is 5.11 Å². The molecule has 0 aliphatic rings. The molecule has 5 nitrogen and oxygen atoms in total. The Morgan fingerprint density at radius 1 is 1.20 bits per heavy atom. The van der Waals surface area contributed by atoms with Crippen LogP contribution in [0.4, 0.5) is 0 Å². The number of nitrogens with zero attached hydrogens (tertiary/aromatic N) is 1. The number of imidazole rings is 1. The molecule has 0 spiro atoms. The highest BCUT2D eigenvalue weighted by Crippen LogP contribution is 2.19. The molecule has 1 aromatic heterocycles. The number of aromatic nitrogens is 2. The largest absolute Gasteiger partial charge is 0.478 e. The Balaban J connectivity index is 2.29. The quantitative estimate of drug-likeness (QED) is 0.757. The second-order valence-electron chi connectivity index (χ2n) is 4.28. The maximum absolute atomic E-state index is 12.1. The lowest BCUT2D eigenvalue weighted by atomic mass is 10.2. The zero-order valence-corrected chi connectivity index (χ0v) is 11.7. The molecular formula is C14H9BrN2O3. The Kier molecular flexibility index (Phi) is 2.94. The molecule has 3 rings (SSSR count). The number of carboxylic acid groups (broad SMARTS) is 1. The van der Waals surface area contributed by atoms with Gasteiger partial charge in [-0.25, -0.2) is 9.59 Å². The lowest BCUT2D eigenvalue weighted by Gasteiger charge is -2.04. The minimum absolute atomic E-state index is 0.139. The van der Waals surface area contributed by atoms with E-state index in [9.17, 15) is 9.59 Å². The van der Waals surface area contributed by atoms with E-state index in [1.54, 1.807) is 6.07 Å². The van der Waals surface area contributed by atoms with Gasteiger partial charge in [-0.3, -0.25) is 4.57 Å². The van der Waals surface area contributed by atoms with Gasteiger partial charge in [-0.1, -0.05) is 22.0 Å².